The molecule has 3 rings (SSSR count). The van der Waals surface area contributed by atoms with Gasteiger partial charge in [0.05, 0.1) is 10.9 Å². The zero-order valence-corrected chi connectivity index (χ0v) is 15.2. The van der Waals surface area contributed by atoms with Gasteiger partial charge in [-0.05, 0) is 31.5 Å². The van der Waals surface area contributed by atoms with E-state index in [0.717, 1.165) is 5.56 Å². The highest BCUT2D eigenvalue weighted by Crippen LogP contribution is 2.09. The van der Waals surface area contributed by atoms with Crippen LogP contribution in [0.5, 0.6) is 0 Å². The summed E-state index contributed by atoms with van der Waals surface area (Å²) >= 11 is 0. The van der Waals surface area contributed by atoms with Crippen LogP contribution >= 0.6 is 0 Å². The lowest BCUT2D eigenvalue weighted by Crippen LogP contribution is -2.27. The minimum atomic E-state index is -0.0479. The second-order valence-corrected chi connectivity index (χ2v) is 6.36. The molecule has 5 nitrogen and oxygen atoms in total. The Labute approximate surface area is 152 Å². The first-order chi connectivity index (χ1) is 12.6. The molecule has 0 fully saturated rings. The lowest BCUT2D eigenvalue weighted by Gasteiger charge is -2.12. The zero-order chi connectivity index (χ0) is 18.5. The number of carbonyl (C=O) groups is 1. The third kappa shape index (κ3) is 3.99. The molecule has 1 N–H and O–H groups in total. The van der Waals surface area contributed by atoms with Crippen LogP contribution < -0.4 is 10.9 Å². The molecule has 0 aliphatic carbocycles. The van der Waals surface area contributed by atoms with Crippen LogP contribution in [0, 0.1) is 6.92 Å². The molecule has 134 valence electrons. The van der Waals surface area contributed by atoms with Crippen molar-refractivity contribution in [1.82, 2.24) is 14.9 Å². The number of benzene rings is 2. The quantitative estimate of drug-likeness (QED) is 0.744. The van der Waals surface area contributed by atoms with Crippen LogP contribution in [-0.2, 0) is 24.3 Å². The first kappa shape index (κ1) is 17.9. The molecule has 1 aromatic heterocycles. The highest BCUT2D eigenvalue weighted by atomic mass is 16.1. The Balaban J connectivity index is 1.69. The summed E-state index contributed by atoms with van der Waals surface area (Å²) in [4.78, 5) is 29.4. The van der Waals surface area contributed by atoms with Crippen molar-refractivity contribution in [2.45, 2.75) is 39.8 Å². The van der Waals surface area contributed by atoms with Crippen molar-refractivity contribution in [2.24, 2.45) is 0 Å². The van der Waals surface area contributed by atoms with Crippen molar-refractivity contribution in [2.75, 3.05) is 0 Å². The third-order valence-corrected chi connectivity index (χ3v) is 4.40. The smallest absolute Gasteiger partial charge is 0.261 e. The molecule has 0 saturated carbocycles. The van der Waals surface area contributed by atoms with Gasteiger partial charge in [-0.1, -0.05) is 42.0 Å². The van der Waals surface area contributed by atoms with Gasteiger partial charge in [0, 0.05) is 25.9 Å². The summed E-state index contributed by atoms with van der Waals surface area (Å²) in [6, 6.07) is 15.4. The third-order valence-electron chi connectivity index (χ3n) is 4.40. The van der Waals surface area contributed by atoms with E-state index in [2.05, 4.69) is 16.4 Å². The summed E-state index contributed by atoms with van der Waals surface area (Å²) in [7, 11) is 0. The summed E-state index contributed by atoms with van der Waals surface area (Å²) < 4.78 is 1.65. The molecule has 0 unspecified atom stereocenters. The van der Waals surface area contributed by atoms with Crippen molar-refractivity contribution in [3.05, 3.63) is 75.8 Å². The number of nitrogens with zero attached hydrogens (tertiary/aromatic N) is 2. The number of rotatable bonds is 6. The zero-order valence-electron chi connectivity index (χ0n) is 15.2. The SMILES string of the molecule is CCn1c(CCC(=O)NCc2cccc(C)c2)nc2ccccc2c1=O. The number of hydrogen-bond acceptors (Lipinski definition) is 3. The highest BCUT2D eigenvalue weighted by molar-refractivity contribution is 5.78. The molecule has 0 radical (unpaired) electrons. The van der Waals surface area contributed by atoms with Gasteiger partial charge in [-0.2, -0.15) is 0 Å². The van der Waals surface area contributed by atoms with Crippen molar-refractivity contribution >= 4 is 16.8 Å². The number of nitrogens with one attached hydrogen (secondary N) is 1. The number of hydrogen-bond donors (Lipinski definition) is 1. The molecule has 26 heavy (non-hydrogen) atoms. The van der Waals surface area contributed by atoms with E-state index < -0.39 is 0 Å². The maximum Gasteiger partial charge on any atom is 0.261 e. The predicted octanol–water partition coefficient (Wildman–Crippen LogP) is 2.97. The summed E-state index contributed by atoms with van der Waals surface area (Å²) in [5.74, 6) is 0.610. The van der Waals surface area contributed by atoms with Crippen LogP contribution in [0.4, 0.5) is 0 Å². The van der Waals surface area contributed by atoms with Crippen LogP contribution in [0.2, 0.25) is 0 Å². The van der Waals surface area contributed by atoms with Gasteiger partial charge in [0.1, 0.15) is 5.82 Å². The molecule has 2 aromatic carbocycles. The van der Waals surface area contributed by atoms with E-state index in [1.165, 1.54) is 5.56 Å². The number of amides is 1. The average molecular weight is 349 g/mol. The number of para-hydroxylation sites is 1. The van der Waals surface area contributed by atoms with E-state index in [1.807, 2.05) is 50.2 Å². The second-order valence-electron chi connectivity index (χ2n) is 6.36. The fourth-order valence-electron chi connectivity index (χ4n) is 3.07. The fraction of sp³-hybridized carbons (Fsp3) is 0.286. The highest BCUT2D eigenvalue weighted by Gasteiger charge is 2.11. The van der Waals surface area contributed by atoms with Crippen LogP contribution in [0.15, 0.2) is 53.3 Å². The van der Waals surface area contributed by atoms with Gasteiger partial charge < -0.3 is 5.32 Å². The van der Waals surface area contributed by atoms with E-state index in [0.29, 0.717) is 42.7 Å². The molecule has 1 amide bonds. The van der Waals surface area contributed by atoms with Gasteiger partial charge >= 0.3 is 0 Å². The average Bonchev–Trinajstić information content (AvgIpc) is 2.65. The Morgan fingerprint density at radius 1 is 1.15 bits per heavy atom. The molecular weight excluding hydrogens is 326 g/mol. The number of aromatic nitrogens is 2. The van der Waals surface area contributed by atoms with E-state index >= 15 is 0 Å². The van der Waals surface area contributed by atoms with E-state index in [-0.39, 0.29) is 11.5 Å². The minimum Gasteiger partial charge on any atom is -0.352 e. The van der Waals surface area contributed by atoms with Crippen LogP contribution in [0.1, 0.15) is 30.3 Å². The first-order valence-corrected chi connectivity index (χ1v) is 8.89. The molecule has 0 aliphatic heterocycles. The standard InChI is InChI=1S/C21H23N3O2/c1-3-24-19(23-18-10-5-4-9-17(18)21(24)26)11-12-20(25)22-14-16-8-6-7-15(2)13-16/h4-10,13H,3,11-12,14H2,1-2H3,(H,22,25). The van der Waals surface area contributed by atoms with Crippen LogP contribution in [0.3, 0.4) is 0 Å². The molecular formula is C21H23N3O2. The van der Waals surface area contributed by atoms with Crippen LogP contribution in [-0.4, -0.2) is 15.5 Å². The van der Waals surface area contributed by atoms with Crippen molar-refractivity contribution in [3.63, 3.8) is 0 Å². The van der Waals surface area contributed by atoms with E-state index in [4.69, 9.17) is 0 Å². The number of aryl methyl sites for hydroxylation is 2. The van der Waals surface area contributed by atoms with E-state index in [1.54, 1.807) is 10.6 Å². The Kier molecular flexibility index (Phi) is 5.46. The van der Waals surface area contributed by atoms with Gasteiger partial charge in [0.2, 0.25) is 5.91 Å². The summed E-state index contributed by atoms with van der Waals surface area (Å²) in [5.41, 5.74) is 2.88. The van der Waals surface area contributed by atoms with Gasteiger partial charge in [0.25, 0.3) is 5.56 Å². The Hall–Kier alpha value is -2.95. The van der Waals surface area contributed by atoms with Crippen molar-refractivity contribution < 1.29 is 4.79 Å². The molecule has 0 bridgehead atoms. The monoisotopic (exact) mass is 349 g/mol. The second kappa shape index (κ2) is 7.95. The summed E-state index contributed by atoms with van der Waals surface area (Å²) in [6.45, 7) is 4.99. The molecule has 0 saturated heterocycles. The largest absolute Gasteiger partial charge is 0.352 e. The lowest BCUT2D eigenvalue weighted by molar-refractivity contribution is -0.121. The van der Waals surface area contributed by atoms with Crippen LogP contribution in [0.25, 0.3) is 10.9 Å². The molecule has 0 aliphatic rings. The maximum absolute atomic E-state index is 12.6. The topological polar surface area (TPSA) is 64.0 Å². The minimum absolute atomic E-state index is 0.0448. The Bertz CT molecular complexity index is 992. The van der Waals surface area contributed by atoms with Gasteiger partial charge in [-0.25, -0.2) is 4.98 Å². The van der Waals surface area contributed by atoms with E-state index in [9.17, 15) is 9.59 Å². The maximum atomic E-state index is 12.6. The fourth-order valence-corrected chi connectivity index (χ4v) is 3.07. The molecule has 5 heteroatoms. The molecule has 0 spiro atoms. The summed E-state index contributed by atoms with van der Waals surface area (Å²) in [6.07, 6.45) is 0.740. The summed E-state index contributed by atoms with van der Waals surface area (Å²) in [5, 5.41) is 3.54. The molecule has 0 atom stereocenters. The van der Waals surface area contributed by atoms with Gasteiger partial charge in [0.15, 0.2) is 0 Å². The molecule has 1 heterocycles. The number of carbonyl (C=O) groups excluding carboxylic acids is 1. The first-order valence-electron chi connectivity index (χ1n) is 8.89. The molecule has 3 aromatic rings. The predicted molar refractivity (Wildman–Crippen MR) is 103 cm³/mol. The van der Waals surface area contributed by atoms with Crippen molar-refractivity contribution in [1.29, 1.82) is 0 Å². The van der Waals surface area contributed by atoms with Crippen molar-refractivity contribution in [3.8, 4) is 0 Å². The lowest BCUT2D eigenvalue weighted by atomic mass is 10.1. The normalized spacial score (nSPS) is 10.8. The Morgan fingerprint density at radius 2 is 1.96 bits per heavy atom. The van der Waals surface area contributed by atoms with Gasteiger partial charge in [-0.15, -0.1) is 0 Å². The number of fused-ring (bicyclic) bond motifs is 1. The Morgan fingerprint density at radius 3 is 2.73 bits per heavy atom. The van der Waals surface area contributed by atoms with Gasteiger partial charge in [-0.3, -0.25) is 14.2 Å².